The van der Waals surface area contributed by atoms with Gasteiger partial charge < -0.3 is 14.2 Å². The number of carbonyl (C=O) groups excluding carboxylic acids is 3. The van der Waals surface area contributed by atoms with Gasteiger partial charge in [0.25, 0.3) is 0 Å². The first-order valence-electron chi connectivity index (χ1n) is 24.3. The first-order valence-corrected chi connectivity index (χ1v) is 24.3. The molecule has 0 aliphatic carbocycles. The van der Waals surface area contributed by atoms with E-state index in [2.05, 4.69) is 81.5 Å². The van der Waals surface area contributed by atoms with Crippen molar-refractivity contribution < 1.29 is 28.6 Å². The lowest BCUT2D eigenvalue weighted by Crippen LogP contribution is -2.30. The van der Waals surface area contributed by atoms with E-state index in [0.29, 0.717) is 12.8 Å². The van der Waals surface area contributed by atoms with Gasteiger partial charge in [0.15, 0.2) is 6.10 Å². The summed E-state index contributed by atoms with van der Waals surface area (Å²) < 4.78 is 16.6. The van der Waals surface area contributed by atoms with Crippen LogP contribution in [0.4, 0.5) is 0 Å². The summed E-state index contributed by atoms with van der Waals surface area (Å²) in [6, 6.07) is 0. The van der Waals surface area contributed by atoms with Gasteiger partial charge in [0.1, 0.15) is 13.2 Å². The second-order valence-electron chi connectivity index (χ2n) is 15.4. The number of allylic oxidation sites excluding steroid dienone is 22. The molecule has 0 aromatic rings. The lowest BCUT2D eigenvalue weighted by Gasteiger charge is -2.18. The number of ether oxygens (including phenoxy) is 3. The largest absolute Gasteiger partial charge is 0.462 e. The Bertz CT molecular complexity index is 1400. The summed E-state index contributed by atoms with van der Waals surface area (Å²) >= 11 is 0. The van der Waals surface area contributed by atoms with Crippen molar-refractivity contribution in [3.05, 3.63) is 134 Å². The maximum absolute atomic E-state index is 12.8. The molecule has 0 aliphatic heterocycles. The first-order chi connectivity index (χ1) is 30.5. The van der Waals surface area contributed by atoms with E-state index in [-0.39, 0.29) is 50.4 Å². The predicted octanol–water partition coefficient (Wildman–Crippen LogP) is 15.9. The highest BCUT2D eigenvalue weighted by atomic mass is 16.6. The summed E-state index contributed by atoms with van der Waals surface area (Å²) in [6.45, 7) is 6.23. The summed E-state index contributed by atoms with van der Waals surface area (Å²) in [5, 5.41) is 0. The summed E-state index contributed by atoms with van der Waals surface area (Å²) in [5.74, 6) is -1.05. The Labute approximate surface area is 379 Å². The third kappa shape index (κ3) is 46.6. The molecule has 6 nitrogen and oxygen atoms in total. The maximum atomic E-state index is 12.8. The molecular formula is C56H86O6. The zero-order valence-corrected chi connectivity index (χ0v) is 39.3. The van der Waals surface area contributed by atoms with Gasteiger partial charge in [-0.3, -0.25) is 14.4 Å². The third-order valence-electron chi connectivity index (χ3n) is 9.56. The average molecular weight is 855 g/mol. The van der Waals surface area contributed by atoms with Crippen LogP contribution >= 0.6 is 0 Å². The molecule has 0 N–H and O–H groups in total. The first kappa shape index (κ1) is 57.5. The molecule has 346 valence electrons. The molecule has 0 aromatic heterocycles. The number of hydrogen-bond acceptors (Lipinski definition) is 6. The molecule has 1 atom stereocenters. The highest BCUT2D eigenvalue weighted by Gasteiger charge is 2.19. The van der Waals surface area contributed by atoms with Gasteiger partial charge >= 0.3 is 17.9 Å². The van der Waals surface area contributed by atoms with Crippen LogP contribution < -0.4 is 0 Å². The van der Waals surface area contributed by atoms with E-state index in [1.807, 2.05) is 72.9 Å². The van der Waals surface area contributed by atoms with Crippen molar-refractivity contribution in [3.8, 4) is 0 Å². The van der Waals surface area contributed by atoms with Crippen LogP contribution in [0.3, 0.4) is 0 Å². The highest BCUT2D eigenvalue weighted by Crippen LogP contribution is 2.12. The van der Waals surface area contributed by atoms with Crippen LogP contribution in [0.15, 0.2) is 134 Å². The number of hydrogen-bond donors (Lipinski definition) is 0. The lowest BCUT2D eigenvalue weighted by atomic mass is 10.1. The van der Waals surface area contributed by atoms with E-state index in [0.717, 1.165) is 83.5 Å². The molecule has 1 unspecified atom stereocenters. The van der Waals surface area contributed by atoms with Gasteiger partial charge in [-0.1, -0.05) is 206 Å². The van der Waals surface area contributed by atoms with Crippen LogP contribution in [0.5, 0.6) is 0 Å². The fraction of sp³-hybridized carbons (Fsp3) is 0.554. The molecule has 0 saturated heterocycles. The quantitative estimate of drug-likeness (QED) is 0.0200. The van der Waals surface area contributed by atoms with Gasteiger partial charge in [-0.2, -0.15) is 0 Å². The Morgan fingerprint density at radius 2 is 0.726 bits per heavy atom. The van der Waals surface area contributed by atoms with Crippen LogP contribution in [0, 0.1) is 0 Å². The second kappa shape index (κ2) is 49.2. The summed E-state index contributed by atoms with van der Waals surface area (Å²) in [4.78, 5) is 37.8. The molecule has 6 heteroatoms. The highest BCUT2D eigenvalue weighted by molar-refractivity contribution is 5.71. The van der Waals surface area contributed by atoms with Crippen molar-refractivity contribution in [2.75, 3.05) is 13.2 Å². The fourth-order valence-corrected chi connectivity index (χ4v) is 5.97. The smallest absolute Gasteiger partial charge is 0.306 e. The Hall–Kier alpha value is -4.45. The maximum Gasteiger partial charge on any atom is 0.306 e. The summed E-state index contributed by atoms with van der Waals surface area (Å²) in [6.07, 6.45) is 68.7. The minimum atomic E-state index is -0.829. The van der Waals surface area contributed by atoms with Crippen molar-refractivity contribution in [2.45, 2.75) is 187 Å². The molecule has 62 heavy (non-hydrogen) atoms. The van der Waals surface area contributed by atoms with Crippen molar-refractivity contribution in [1.82, 2.24) is 0 Å². The fourth-order valence-electron chi connectivity index (χ4n) is 5.97. The van der Waals surface area contributed by atoms with E-state index in [1.54, 1.807) is 0 Å². The minimum absolute atomic E-state index is 0.129. The van der Waals surface area contributed by atoms with Gasteiger partial charge in [0.05, 0.1) is 0 Å². The van der Waals surface area contributed by atoms with Crippen LogP contribution in [0.1, 0.15) is 181 Å². The predicted molar refractivity (Wildman–Crippen MR) is 265 cm³/mol. The molecule has 0 amide bonds. The summed E-state index contributed by atoms with van der Waals surface area (Å²) in [7, 11) is 0. The van der Waals surface area contributed by atoms with Gasteiger partial charge in [-0.25, -0.2) is 0 Å². The van der Waals surface area contributed by atoms with Crippen molar-refractivity contribution in [2.24, 2.45) is 0 Å². The zero-order chi connectivity index (χ0) is 45.1. The summed E-state index contributed by atoms with van der Waals surface area (Å²) in [5.41, 5.74) is 0. The van der Waals surface area contributed by atoms with E-state index >= 15 is 0 Å². The molecule has 0 radical (unpaired) electrons. The molecule has 0 heterocycles. The van der Waals surface area contributed by atoms with Gasteiger partial charge in [-0.05, 0) is 89.9 Å². The zero-order valence-electron chi connectivity index (χ0n) is 39.3. The lowest BCUT2D eigenvalue weighted by molar-refractivity contribution is -0.167. The Balaban J connectivity index is 4.58. The Morgan fingerprint density at radius 1 is 0.355 bits per heavy atom. The van der Waals surface area contributed by atoms with E-state index in [9.17, 15) is 14.4 Å². The van der Waals surface area contributed by atoms with Crippen molar-refractivity contribution >= 4 is 17.9 Å². The molecule has 0 rings (SSSR count). The minimum Gasteiger partial charge on any atom is -0.462 e. The van der Waals surface area contributed by atoms with E-state index in [4.69, 9.17) is 14.2 Å². The Kier molecular flexibility index (Phi) is 45.7. The third-order valence-corrected chi connectivity index (χ3v) is 9.56. The van der Waals surface area contributed by atoms with Gasteiger partial charge in [0.2, 0.25) is 0 Å². The standard InChI is InChI=1S/C56H86O6/c1-4-7-10-13-16-19-22-24-26-27-28-29-30-32-34-37-40-43-46-49-55(58)61-52-53(51-60-54(57)48-45-42-39-36-33-21-18-15-12-9-6-3)62-56(59)50-47-44-41-38-35-31-25-23-20-17-14-11-8-5-2/h7,9-10,12-13,16,18-19,21-22,24,26-32,34-36,39,53H,4-6,8,11,14-15,17,20,23,25,33,37-38,40-52H2,1-3H3/b10-7-,12-9-,16-13-,21-18-,22-19-,26-24-,28-27+,30-29-,34-32-,35-31-,39-36-. The second-order valence-corrected chi connectivity index (χ2v) is 15.4. The van der Waals surface area contributed by atoms with Crippen LogP contribution in [-0.4, -0.2) is 37.2 Å². The molecule has 0 fully saturated rings. The SMILES string of the molecule is CC\C=C/C=C\C=C/C=C\C=C\C=C/C=C\CCCCCC(=O)OCC(COC(=O)CCC/C=C\C/C=C\C/C=C\CC)OC(=O)CCCCC/C=C\CCCCCCCCC. The molecule has 0 saturated carbocycles. The number of esters is 3. The van der Waals surface area contributed by atoms with E-state index < -0.39 is 6.10 Å². The van der Waals surface area contributed by atoms with Crippen LogP contribution in [0.2, 0.25) is 0 Å². The molecular weight excluding hydrogens is 769 g/mol. The average Bonchev–Trinajstić information content (AvgIpc) is 3.27. The Morgan fingerprint density at radius 3 is 1.26 bits per heavy atom. The number of carbonyl (C=O) groups is 3. The normalized spacial score (nSPS) is 13.3. The van der Waals surface area contributed by atoms with Crippen molar-refractivity contribution in [1.29, 1.82) is 0 Å². The number of rotatable bonds is 41. The van der Waals surface area contributed by atoms with Crippen molar-refractivity contribution in [3.63, 3.8) is 0 Å². The van der Waals surface area contributed by atoms with E-state index in [1.165, 1.54) is 44.9 Å². The monoisotopic (exact) mass is 855 g/mol. The van der Waals surface area contributed by atoms with Gasteiger partial charge in [0, 0.05) is 19.3 Å². The number of unbranched alkanes of at least 4 members (excludes halogenated alkanes) is 14. The topological polar surface area (TPSA) is 78.9 Å². The molecule has 0 bridgehead atoms. The van der Waals surface area contributed by atoms with Crippen LogP contribution in [-0.2, 0) is 28.6 Å². The van der Waals surface area contributed by atoms with Crippen LogP contribution in [0.25, 0.3) is 0 Å². The molecule has 0 aromatic carbocycles. The van der Waals surface area contributed by atoms with Gasteiger partial charge in [-0.15, -0.1) is 0 Å². The molecule has 0 spiro atoms. The molecule has 0 aliphatic rings.